The second-order valence-electron chi connectivity index (χ2n) is 11.6. The molecule has 0 fully saturated rings. The van der Waals surface area contributed by atoms with Gasteiger partial charge in [0, 0.05) is 11.4 Å². The quantitative estimate of drug-likeness (QED) is 0.130. The number of halogens is 8. The number of rotatable bonds is 10. The van der Waals surface area contributed by atoms with Gasteiger partial charge in [0.2, 0.25) is 11.2 Å². The van der Waals surface area contributed by atoms with Gasteiger partial charge in [0.15, 0.2) is 11.6 Å². The van der Waals surface area contributed by atoms with E-state index in [4.69, 9.17) is 20.0 Å². The number of carbonyl (C=O) groups excluding carboxylic acids is 4. The van der Waals surface area contributed by atoms with E-state index >= 15 is 0 Å². The summed E-state index contributed by atoms with van der Waals surface area (Å²) in [6.07, 6.45) is -7.28. The van der Waals surface area contributed by atoms with E-state index in [1.54, 1.807) is 0 Å². The highest BCUT2D eigenvalue weighted by molar-refractivity contribution is 6.30. The summed E-state index contributed by atoms with van der Waals surface area (Å²) in [5.74, 6) is -8.75. The maximum absolute atomic E-state index is 13.7. The van der Waals surface area contributed by atoms with Crippen molar-refractivity contribution in [3.8, 4) is 12.1 Å². The van der Waals surface area contributed by atoms with E-state index in [0.717, 1.165) is 59.9 Å². The highest BCUT2D eigenvalue weighted by Crippen LogP contribution is 2.35. The highest BCUT2D eigenvalue weighted by Gasteiger charge is 2.45. The third-order valence-electron chi connectivity index (χ3n) is 7.30. The van der Waals surface area contributed by atoms with E-state index in [0.29, 0.717) is 24.5 Å². The summed E-state index contributed by atoms with van der Waals surface area (Å²) in [6, 6.07) is 6.77. The molecule has 2 amide bonds. The van der Waals surface area contributed by atoms with Gasteiger partial charge in [-0.25, -0.2) is 18.4 Å². The Labute approximate surface area is 297 Å². The molecule has 0 saturated heterocycles. The molecule has 2 atom stereocenters. The summed E-state index contributed by atoms with van der Waals surface area (Å²) in [4.78, 5) is 53.3. The number of alkyl halides is 6. The van der Waals surface area contributed by atoms with Crippen molar-refractivity contribution in [2.75, 3.05) is 10.6 Å². The summed E-state index contributed by atoms with van der Waals surface area (Å²) >= 11 is 0. The lowest BCUT2D eigenvalue weighted by Gasteiger charge is -2.30. The molecule has 0 bridgehead atoms. The minimum atomic E-state index is -5.04. The number of hydrogen-bond donors (Lipinski definition) is 2. The molecule has 2 aromatic heterocycles. The lowest BCUT2D eigenvalue weighted by Crippen LogP contribution is -2.52. The molecule has 2 aromatic carbocycles. The fourth-order valence-corrected chi connectivity index (χ4v) is 4.70. The number of carbonyl (C=O) groups is 4. The van der Waals surface area contributed by atoms with Crippen molar-refractivity contribution in [3.63, 3.8) is 0 Å². The van der Waals surface area contributed by atoms with Gasteiger partial charge in [0.05, 0.1) is 72.3 Å². The molecule has 0 radical (unpaired) electrons. The topological polar surface area (TPSA) is 194 Å². The van der Waals surface area contributed by atoms with Crippen molar-refractivity contribution in [1.82, 2.24) is 19.6 Å². The zero-order chi connectivity index (χ0) is 40.2. The number of ether oxygens (including phenoxy) is 2. The largest absolute Gasteiger partial charge is 0.439 e. The average molecular weight is 767 g/mol. The van der Waals surface area contributed by atoms with Crippen LogP contribution in [0.2, 0.25) is 0 Å². The average Bonchev–Trinajstić information content (AvgIpc) is 3.69. The van der Waals surface area contributed by atoms with Crippen molar-refractivity contribution in [3.05, 3.63) is 95.1 Å². The van der Waals surface area contributed by atoms with Crippen molar-refractivity contribution in [1.29, 1.82) is 10.5 Å². The van der Waals surface area contributed by atoms with Crippen LogP contribution in [0.15, 0.2) is 61.2 Å². The van der Waals surface area contributed by atoms with Crippen LogP contribution in [0.5, 0.6) is 0 Å². The molecule has 2 heterocycles. The first-order chi connectivity index (χ1) is 25.1. The van der Waals surface area contributed by atoms with Crippen LogP contribution in [-0.2, 0) is 54.1 Å². The lowest BCUT2D eigenvalue weighted by molar-refractivity contribution is -0.187. The Kier molecular flexibility index (Phi) is 11.1. The number of esters is 2. The van der Waals surface area contributed by atoms with Crippen LogP contribution in [0.4, 0.5) is 46.5 Å². The minimum absolute atomic E-state index is 0.397. The van der Waals surface area contributed by atoms with Crippen molar-refractivity contribution in [2.45, 2.75) is 50.5 Å². The molecule has 0 aliphatic rings. The lowest BCUT2D eigenvalue weighted by atomic mass is 10.0. The number of nitriles is 2. The van der Waals surface area contributed by atoms with Crippen molar-refractivity contribution < 1.29 is 63.8 Å². The van der Waals surface area contributed by atoms with Crippen molar-refractivity contribution in [2.24, 2.45) is 0 Å². The van der Waals surface area contributed by atoms with E-state index < -0.39 is 106 Å². The molecule has 22 heteroatoms. The molecule has 4 aromatic rings. The molecule has 0 aliphatic heterocycles. The maximum atomic E-state index is 13.7. The Morgan fingerprint density at radius 2 is 1.04 bits per heavy atom. The van der Waals surface area contributed by atoms with E-state index in [-0.39, 0.29) is 0 Å². The Balaban J connectivity index is 1.64. The van der Waals surface area contributed by atoms with Gasteiger partial charge in [-0.05, 0) is 50.2 Å². The molecule has 282 valence electrons. The predicted molar refractivity (Wildman–Crippen MR) is 163 cm³/mol. The number of benzene rings is 2. The SMILES string of the molecule is C[C@@](Cn1cc(F)cn1)(OC(=O)C(=O)O[C@@](C)(Cn1cc(F)cn1)C(=O)Nc1ccc(C#N)c(C(F)(F)F)c1)C(=O)Nc1ccc(C#N)c(C(F)(F)F)c1. The monoisotopic (exact) mass is 766 g/mol. The van der Waals surface area contributed by atoms with Crippen LogP contribution in [0, 0.1) is 34.3 Å². The minimum Gasteiger partial charge on any atom is -0.439 e. The molecule has 0 unspecified atom stereocenters. The van der Waals surface area contributed by atoms with E-state index in [1.807, 2.05) is 10.6 Å². The number of nitrogens with zero attached hydrogens (tertiary/aromatic N) is 6. The van der Waals surface area contributed by atoms with E-state index in [2.05, 4.69) is 10.2 Å². The summed E-state index contributed by atoms with van der Waals surface area (Å²) in [7, 11) is 0. The number of anilines is 2. The highest BCUT2D eigenvalue weighted by atomic mass is 19.4. The van der Waals surface area contributed by atoms with Gasteiger partial charge >= 0.3 is 24.3 Å². The first kappa shape index (κ1) is 39.9. The first-order valence-electron chi connectivity index (χ1n) is 14.7. The van der Waals surface area contributed by atoms with E-state index in [1.165, 1.54) is 12.1 Å². The zero-order valence-electron chi connectivity index (χ0n) is 27.3. The molecule has 2 N–H and O–H groups in total. The van der Waals surface area contributed by atoms with Gasteiger partial charge in [-0.1, -0.05) is 0 Å². The number of amides is 2. The molecule has 4 rings (SSSR count). The van der Waals surface area contributed by atoms with Gasteiger partial charge in [-0.15, -0.1) is 0 Å². The third-order valence-corrected chi connectivity index (χ3v) is 7.30. The first-order valence-corrected chi connectivity index (χ1v) is 14.7. The van der Waals surface area contributed by atoms with Gasteiger partial charge in [-0.2, -0.15) is 47.1 Å². The Hall–Kier alpha value is -6.84. The van der Waals surface area contributed by atoms with Crippen LogP contribution < -0.4 is 10.6 Å². The Bertz CT molecular complexity index is 2050. The predicted octanol–water partition coefficient (Wildman–Crippen LogP) is 4.72. The standard InChI is InChI=1S/C32H22F8N8O6/c1-29(15-47-13-19(33)11-43-47,27(51)45-21-5-3-17(9-41)23(7-21)31(35,36)37)53-25(49)26(50)54-30(2,16-48-14-20(34)12-44-48)28(52)46-22-6-4-18(10-42)24(8-22)32(38,39)40/h3-8,11-14H,15-16H2,1-2H3,(H,45,51)(H,46,52)/t29-,30-/m0/s1. The number of hydrogen-bond acceptors (Lipinski definition) is 10. The van der Waals surface area contributed by atoms with Gasteiger partial charge < -0.3 is 20.1 Å². The number of nitrogens with one attached hydrogen (secondary N) is 2. The molecule has 0 aliphatic carbocycles. The zero-order valence-corrected chi connectivity index (χ0v) is 27.3. The van der Waals surface area contributed by atoms with Gasteiger partial charge in [0.1, 0.15) is 0 Å². The molecule has 14 nitrogen and oxygen atoms in total. The molecular weight excluding hydrogens is 744 g/mol. The van der Waals surface area contributed by atoms with Crippen LogP contribution in [-0.4, -0.2) is 54.5 Å². The molecule has 0 spiro atoms. The van der Waals surface area contributed by atoms with Crippen LogP contribution in [0.25, 0.3) is 0 Å². The summed E-state index contributed by atoms with van der Waals surface area (Å²) in [6.45, 7) is -0.0601. The Morgan fingerprint density at radius 1 is 0.685 bits per heavy atom. The van der Waals surface area contributed by atoms with Crippen molar-refractivity contribution >= 4 is 35.1 Å². The number of aromatic nitrogens is 4. The Morgan fingerprint density at radius 3 is 1.31 bits per heavy atom. The van der Waals surface area contributed by atoms with Crippen LogP contribution in [0.1, 0.15) is 36.1 Å². The van der Waals surface area contributed by atoms with E-state index in [9.17, 15) is 54.3 Å². The summed E-state index contributed by atoms with van der Waals surface area (Å²) in [5.41, 5.74) is -10.8. The second kappa shape index (κ2) is 15.0. The summed E-state index contributed by atoms with van der Waals surface area (Å²) in [5, 5.41) is 29.4. The smallest absolute Gasteiger partial charge is 0.418 e. The van der Waals surface area contributed by atoms with Gasteiger partial charge in [-0.3, -0.25) is 19.0 Å². The second-order valence-corrected chi connectivity index (χ2v) is 11.6. The molecular formula is C32H22F8N8O6. The normalized spacial score (nSPS) is 13.7. The van der Waals surface area contributed by atoms with Crippen LogP contribution >= 0.6 is 0 Å². The third kappa shape index (κ3) is 9.33. The molecule has 0 saturated carbocycles. The maximum Gasteiger partial charge on any atom is 0.418 e. The van der Waals surface area contributed by atoms with Crippen LogP contribution in [0.3, 0.4) is 0 Å². The summed E-state index contributed by atoms with van der Waals surface area (Å²) < 4.78 is 120. The fourth-order valence-electron chi connectivity index (χ4n) is 4.70. The molecule has 54 heavy (non-hydrogen) atoms. The van der Waals surface area contributed by atoms with Gasteiger partial charge in [0.25, 0.3) is 11.8 Å². The fraction of sp³-hybridized carbons (Fsp3) is 0.250.